The predicted molar refractivity (Wildman–Crippen MR) is 147 cm³/mol. The molecular weight excluding hydrogens is 452 g/mol. The summed E-state index contributed by atoms with van der Waals surface area (Å²) in [7, 11) is 1.79. The smallest absolute Gasteiger partial charge is 0.239 e. The van der Waals surface area contributed by atoms with E-state index in [1.807, 2.05) is 12.1 Å². The van der Waals surface area contributed by atoms with Gasteiger partial charge in [0.05, 0.1) is 0 Å². The van der Waals surface area contributed by atoms with Gasteiger partial charge in [0.25, 0.3) is 0 Å². The van der Waals surface area contributed by atoms with Crippen molar-refractivity contribution in [2.75, 3.05) is 69.6 Å². The van der Waals surface area contributed by atoms with Crippen LogP contribution in [0.1, 0.15) is 63.4 Å². The van der Waals surface area contributed by atoms with Gasteiger partial charge in [-0.25, -0.2) is 4.98 Å². The number of hydrogen-bond donors (Lipinski definition) is 4. The Morgan fingerprint density at radius 1 is 0.889 bits per heavy atom. The van der Waals surface area contributed by atoms with Gasteiger partial charge in [0.15, 0.2) is 5.90 Å². The second-order valence-electron chi connectivity index (χ2n) is 10.4. The molecule has 0 bridgehead atoms. The normalized spacial score (nSPS) is 22.0. The van der Waals surface area contributed by atoms with Crippen LogP contribution in [0.2, 0.25) is 0 Å². The highest BCUT2D eigenvalue weighted by atomic mass is 16.5. The average molecular weight is 497 g/mol. The Morgan fingerprint density at radius 2 is 1.53 bits per heavy atom. The lowest BCUT2D eigenvalue weighted by atomic mass is 10.1. The first-order chi connectivity index (χ1) is 17.5. The molecule has 4 heterocycles. The molecule has 0 amide bonds. The van der Waals surface area contributed by atoms with Gasteiger partial charge < -0.3 is 24.8 Å². The van der Waals surface area contributed by atoms with E-state index in [0.717, 1.165) is 51.5 Å². The quantitative estimate of drug-likeness (QED) is 0.319. The third-order valence-corrected chi connectivity index (χ3v) is 7.83. The van der Waals surface area contributed by atoms with Gasteiger partial charge in [-0.15, -0.1) is 0 Å². The van der Waals surface area contributed by atoms with Crippen LogP contribution in [-0.2, 0) is 4.74 Å². The number of aromatic nitrogens is 1. The molecule has 3 aliphatic heterocycles. The van der Waals surface area contributed by atoms with Gasteiger partial charge in [-0.05, 0) is 63.9 Å². The van der Waals surface area contributed by atoms with Crippen LogP contribution in [0.15, 0.2) is 12.1 Å². The van der Waals surface area contributed by atoms with E-state index >= 15 is 0 Å². The van der Waals surface area contributed by atoms with Crippen LogP contribution in [0.25, 0.3) is 0 Å². The fourth-order valence-electron chi connectivity index (χ4n) is 5.58. The Kier molecular flexibility index (Phi) is 9.69. The van der Waals surface area contributed by atoms with Crippen LogP contribution < -0.4 is 10.2 Å². The van der Waals surface area contributed by atoms with Crippen molar-refractivity contribution >= 4 is 29.1 Å². The lowest BCUT2D eigenvalue weighted by molar-refractivity contribution is 0.195. The zero-order valence-electron chi connectivity index (χ0n) is 21.9. The summed E-state index contributed by atoms with van der Waals surface area (Å²) in [6.07, 6.45) is 11.0. The molecule has 0 spiro atoms. The van der Waals surface area contributed by atoms with Crippen molar-refractivity contribution in [3.63, 3.8) is 0 Å². The lowest BCUT2D eigenvalue weighted by Gasteiger charge is -2.28. The minimum Gasteiger partial charge on any atom is -0.423 e. The number of ether oxygens (including phenoxy) is 1. The first-order valence-corrected chi connectivity index (χ1v) is 13.9. The van der Waals surface area contributed by atoms with Gasteiger partial charge in [0.2, 0.25) is 5.90 Å². The summed E-state index contributed by atoms with van der Waals surface area (Å²) < 4.78 is 5.61. The monoisotopic (exact) mass is 496 g/mol. The highest BCUT2D eigenvalue weighted by Gasteiger charge is 2.29. The fraction of sp³-hybridized carbons (Fsp3) is 0.704. The average Bonchev–Trinajstić information content (AvgIpc) is 3.36. The first kappa shape index (κ1) is 26.5. The van der Waals surface area contributed by atoms with Crippen LogP contribution in [0, 0.1) is 22.1 Å². The number of piperidine rings is 1. The van der Waals surface area contributed by atoms with Crippen molar-refractivity contribution in [1.82, 2.24) is 14.8 Å². The molecule has 3 fully saturated rings. The first-order valence-electron chi connectivity index (χ1n) is 13.9. The van der Waals surface area contributed by atoms with E-state index in [0.29, 0.717) is 11.4 Å². The maximum Gasteiger partial charge on any atom is 0.239 e. The van der Waals surface area contributed by atoms with Crippen LogP contribution in [0.5, 0.6) is 0 Å². The number of anilines is 2. The van der Waals surface area contributed by atoms with Crippen LogP contribution >= 0.6 is 0 Å². The van der Waals surface area contributed by atoms with E-state index in [1.54, 1.807) is 7.05 Å². The molecule has 0 radical (unpaired) electrons. The summed E-state index contributed by atoms with van der Waals surface area (Å²) in [5.41, 5.74) is 0.483. The Bertz CT molecular complexity index is 905. The van der Waals surface area contributed by atoms with Crippen molar-refractivity contribution in [2.24, 2.45) is 5.92 Å². The summed E-state index contributed by atoms with van der Waals surface area (Å²) in [6.45, 7) is 8.28. The molecule has 0 aliphatic carbocycles. The molecule has 1 unspecified atom stereocenters. The summed E-state index contributed by atoms with van der Waals surface area (Å²) in [5, 5.41) is 28.5. The van der Waals surface area contributed by atoms with Crippen molar-refractivity contribution in [1.29, 1.82) is 16.2 Å². The zero-order chi connectivity index (χ0) is 25.3. The molecule has 198 valence electrons. The number of nitrogens with zero attached hydrogens (tertiary/aromatic N) is 4. The van der Waals surface area contributed by atoms with Crippen LogP contribution in [0.4, 0.5) is 11.6 Å². The molecule has 0 saturated carbocycles. The lowest BCUT2D eigenvalue weighted by Crippen LogP contribution is -2.37. The number of hydrogen-bond acceptors (Lipinski definition) is 9. The number of pyridine rings is 1. The largest absolute Gasteiger partial charge is 0.423 e. The van der Waals surface area contributed by atoms with Crippen LogP contribution in [0.3, 0.4) is 0 Å². The topological polar surface area (TPSA) is 115 Å². The van der Waals surface area contributed by atoms with Crippen molar-refractivity contribution < 1.29 is 4.74 Å². The third kappa shape index (κ3) is 7.03. The van der Waals surface area contributed by atoms with Crippen LogP contribution in [-0.4, -0.2) is 91.7 Å². The van der Waals surface area contributed by atoms with E-state index < -0.39 is 0 Å². The highest BCUT2D eigenvalue weighted by Crippen LogP contribution is 2.23. The Labute approximate surface area is 216 Å². The van der Waals surface area contributed by atoms with Gasteiger partial charge in [0, 0.05) is 51.3 Å². The van der Waals surface area contributed by atoms with Gasteiger partial charge >= 0.3 is 0 Å². The van der Waals surface area contributed by atoms with Gasteiger partial charge in [-0.1, -0.05) is 25.7 Å². The van der Waals surface area contributed by atoms with Crippen molar-refractivity contribution in [3.8, 4) is 0 Å². The standard InChI is InChI=1S/C27H44N8O/c1-31-27-22(10-11-23(32-27)35-15-8-3-2-4-9-16-35)24(28)26(30)36-25(29)21-12-17-34(20-21)19-18-33-13-6-5-7-14-33/h10-11,21,28-30H,2-9,12-20H2,1H3,(H,31,32). The number of rotatable bonds is 8. The van der Waals surface area contributed by atoms with E-state index in [2.05, 4.69) is 20.0 Å². The molecule has 36 heavy (non-hydrogen) atoms. The third-order valence-electron chi connectivity index (χ3n) is 7.83. The summed E-state index contributed by atoms with van der Waals surface area (Å²) in [5.74, 6) is 1.28. The van der Waals surface area contributed by atoms with Crippen molar-refractivity contribution in [3.05, 3.63) is 17.7 Å². The molecule has 9 nitrogen and oxygen atoms in total. The van der Waals surface area contributed by atoms with Crippen molar-refractivity contribution in [2.45, 2.75) is 57.8 Å². The number of likely N-dealkylation sites (tertiary alicyclic amines) is 2. The molecule has 1 atom stereocenters. The summed E-state index contributed by atoms with van der Waals surface area (Å²) in [4.78, 5) is 12.0. The molecule has 1 aromatic rings. The highest BCUT2D eigenvalue weighted by molar-refractivity contribution is 6.45. The maximum absolute atomic E-state index is 8.59. The SMILES string of the molecule is CNc1nc(N2CCCCCCC2)ccc1C(=N)C(=N)OC(=N)C1CCN(CCN2CCCCC2)C1. The molecule has 3 saturated heterocycles. The zero-order valence-corrected chi connectivity index (χ0v) is 21.9. The predicted octanol–water partition coefficient (Wildman–Crippen LogP) is 4.04. The second kappa shape index (κ2) is 13.1. The molecule has 0 aromatic carbocycles. The van der Waals surface area contributed by atoms with Gasteiger partial charge in [-0.3, -0.25) is 16.2 Å². The number of nitrogens with one attached hydrogen (secondary N) is 4. The van der Waals surface area contributed by atoms with E-state index in [9.17, 15) is 0 Å². The molecule has 1 aromatic heterocycles. The molecule has 9 heteroatoms. The minimum absolute atomic E-state index is 0.0177. The summed E-state index contributed by atoms with van der Waals surface area (Å²) in [6, 6.07) is 3.80. The van der Waals surface area contributed by atoms with E-state index in [4.69, 9.17) is 25.9 Å². The van der Waals surface area contributed by atoms with E-state index in [1.165, 1.54) is 64.5 Å². The Morgan fingerprint density at radius 3 is 2.25 bits per heavy atom. The minimum atomic E-state index is -0.288. The Hall–Kier alpha value is -2.52. The maximum atomic E-state index is 8.59. The summed E-state index contributed by atoms with van der Waals surface area (Å²) >= 11 is 0. The van der Waals surface area contributed by atoms with Gasteiger partial charge in [-0.2, -0.15) is 0 Å². The van der Waals surface area contributed by atoms with Gasteiger partial charge in [0.1, 0.15) is 17.3 Å². The molecule has 4 rings (SSSR count). The Balaban J connectivity index is 1.29. The molecule has 3 aliphatic rings. The fourth-order valence-corrected chi connectivity index (χ4v) is 5.58. The molecular formula is C27H44N8O. The second-order valence-corrected chi connectivity index (χ2v) is 10.4. The molecule has 4 N–H and O–H groups in total. The van der Waals surface area contributed by atoms with E-state index in [-0.39, 0.29) is 23.4 Å².